The first-order chi connectivity index (χ1) is 10.7. The molecule has 1 aromatic heterocycles. The summed E-state index contributed by atoms with van der Waals surface area (Å²) in [5, 5.41) is 7.76. The minimum atomic E-state index is -0.0633. The lowest BCUT2D eigenvalue weighted by Crippen LogP contribution is -2.19. The summed E-state index contributed by atoms with van der Waals surface area (Å²) in [5.41, 5.74) is 2.65. The maximum Gasteiger partial charge on any atom is 0.266 e. The van der Waals surface area contributed by atoms with Crippen LogP contribution in [0.2, 0.25) is 0 Å². The maximum atomic E-state index is 12.5. The fourth-order valence-electron chi connectivity index (χ4n) is 2.57. The molecule has 1 aromatic carbocycles. The molecule has 0 bridgehead atoms. The van der Waals surface area contributed by atoms with Crippen molar-refractivity contribution in [2.75, 3.05) is 16.4 Å². The number of hydrogen-bond donors (Lipinski definition) is 2. The van der Waals surface area contributed by atoms with Gasteiger partial charge in [-0.1, -0.05) is 0 Å². The van der Waals surface area contributed by atoms with E-state index in [1.165, 1.54) is 41.5 Å². The number of thioether (sulfide) groups is 1. The number of hydrogen-bond acceptors (Lipinski definition) is 4. The normalized spacial score (nSPS) is 16.8. The molecule has 1 aliphatic heterocycles. The smallest absolute Gasteiger partial charge is 0.266 e. The molecule has 1 aliphatic carbocycles. The van der Waals surface area contributed by atoms with E-state index < -0.39 is 0 Å². The van der Waals surface area contributed by atoms with Gasteiger partial charge in [0.15, 0.2) is 0 Å². The Kier molecular flexibility index (Phi) is 3.43. The lowest BCUT2D eigenvalue weighted by molar-refractivity contribution is -0.113. The van der Waals surface area contributed by atoms with Gasteiger partial charge in [0.1, 0.15) is 0 Å². The fourth-order valence-corrected chi connectivity index (χ4v) is 4.24. The molecule has 4 rings (SSSR count). The molecule has 0 spiro atoms. The molecule has 1 fully saturated rings. The number of anilines is 2. The molecule has 1 saturated carbocycles. The van der Waals surface area contributed by atoms with E-state index in [2.05, 4.69) is 16.7 Å². The Balaban J connectivity index is 1.55. The van der Waals surface area contributed by atoms with E-state index in [0.717, 1.165) is 15.5 Å². The van der Waals surface area contributed by atoms with Crippen molar-refractivity contribution in [1.82, 2.24) is 0 Å². The predicted molar refractivity (Wildman–Crippen MR) is 90.0 cm³/mol. The molecule has 112 valence electrons. The van der Waals surface area contributed by atoms with E-state index >= 15 is 0 Å². The Labute approximate surface area is 136 Å². The van der Waals surface area contributed by atoms with Gasteiger partial charge in [0, 0.05) is 10.6 Å². The lowest BCUT2D eigenvalue weighted by atomic mass is 10.1. The van der Waals surface area contributed by atoms with E-state index in [1.54, 1.807) is 0 Å². The lowest BCUT2D eigenvalue weighted by Gasteiger charge is -2.17. The van der Waals surface area contributed by atoms with Gasteiger partial charge in [0.2, 0.25) is 5.91 Å². The minimum absolute atomic E-state index is 0.00440. The van der Waals surface area contributed by atoms with Crippen molar-refractivity contribution in [3.8, 4) is 0 Å². The van der Waals surface area contributed by atoms with Gasteiger partial charge in [-0.25, -0.2) is 0 Å². The first-order valence-corrected chi connectivity index (χ1v) is 9.02. The Hall–Kier alpha value is -1.79. The van der Waals surface area contributed by atoms with Crippen LogP contribution in [0.4, 0.5) is 11.4 Å². The first kappa shape index (κ1) is 13.8. The molecule has 6 heteroatoms. The van der Waals surface area contributed by atoms with Crippen LogP contribution in [0, 0.1) is 0 Å². The highest BCUT2D eigenvalue weighted by Crippen LogP contribution is 2.43. The van der Waals surface area contributed by atoms with E-state index in [-0.39, 0.29) is 11.8 Å². The van der Waals surface area contributed by atoms with E-state index in [1.807, 2.05) is 23.6 Å². The Morgan fingerprint density at radius 3 is 2.95 bits per heavy atom. The van der Waals surface area contributed by atoms with Crippen LogP contribution in [0.3, 0.4) is 0 Å². The second kappa shape index (κ2) is 5.44. The van der Waals surface area contributed by atoms with E-state index in [9.17, 15) is 9.59 Å². The highest BCUT2D eigenvalue weighted by Gasteiger charge is 2.29. The topological polar surface area (TPSA) is 58.2 Å². The van der Waals surface area contributed by atoms with E-state index in [4.69, 9.17) is 0 Å². The highest BCUT2D eigenvalue weighted by molar-refractivity contribution is 8.00. The molecule has 2 amide bonds. The summed E-state index contributed by atoms with van der Waals surface area (Å²) < 4.78 is 0. The van der Waals surface area contributed by atoms with Crippen molar-refractivity contribution < 1.29 is 9.59 Å². The number of benzene rings is 1. The molecule has 2 aromatic rings. The third-order valence-corrected chi connectivity index (χ3v) is 5.79. The maximum absolute atomic E-state index is 12.5. The van der Waals surface area contributed by atoms with Crippen LogP contribution in [0.15, 0.2) is 34.5 Å². The van der Waals surface area contributed by atoms with Gasteiger partial charge >= 0.3 is 0 Å². The van der Waals surface area contributed by atoms with Crippen LogP contribution in [-0.4, -0.2) is 17.6 Å². The standard InChI is InChI=1S/C16H14N2O2S2/c19-14-8-22-13-4-3-10(7-12(13)18-14)17-16(20)15-11(5-6-21-15)9-1-2-9/h3-7,9H,1-2,8H2,(H,17,20)(H,18,19). The highest BCUT2D eigenvalue weighted by atomic mass is 32.2. The third-order valence-electron chi connectivity index (χ3n) is 3.79. The van der Waals surface area contributed by atoms with Gasteiger partial charge < -0.3 is 10.6 Å². The summed E-state index contributed by atoms with van der Waals surface area (Å²) in [7, 11) is 0. The molecule has 22 heavy (non-hydrogen) atoms. The van der Waals surface area contributed by atoms with Gasteiger partial charge in [-0.3, -0.25) is 9.59 Å². The molecule has 0 saturated heterocycles. The zero-order valence-electron chi connectivity index (χ0n) is 11.7. The molecule has 2 heterocycles. The number of thiophene rings is 1. The summed E-state index contributed by atoms with van der Waals surface area (Å²) in [4.78, 5) is 25.8. The Bertz CT molecular complexity index is 765. The third kappa shape index (κ3) is 2.64. The summed E-state index contributed by atoms with van der Waals surface area (Å²) >= 11 is 3.00. The van der Waals surface area contributed by atoms with Crippen molar-refractivity contribution in [2.45, 2.75) is 23.7 Å². The van der Waals surface area contributed by atoms with Crippen molar-refractivity contribution in [2.24, 2.45) is 0 Å². The zero-order valence-corrected chi connectivity index (χ0v) is 13.4. The molecule has 2 N–H and O–H groups in total. The predicted octanol–water partition coefficient (Wildman–Crippen LogP) is 3.92. The monoisotopic (exact) mass is 330 g/mol. The number of nitrogens with one attached hydrogen (secondary N) is 2. The number of amides is 2. The second-order valence-electron chi connectivity index (χ2n) is 5.48. The van der Waals surface area contributed by atoms with Crippen molar-refractivity contribution in [1.29, 1.82) is 0 Å². The SMILES string of the molecule is O=C1CSc2ccc(NC(=O)c3sccc3C3CC3)cc2N1. The molecular weight excluding hydrogens is 316 g/mol. The van der Waals surface area contributed by atoms with Crippen LogP contribution in [0.1, 0.15) is 34.0 Å². The quantitative estimate of drug-likeness (QED) is 0.897. The van der Waals surface area contributed by atoms with Crippen molar-refractivity contribution >= 4 is 46.3 Å². The largest absolute Gasteiger partial charge is 0.324 e. The summed E-state index contributed by atoms with van der Waals surface area (Å²) in [5.74, 6) is 0.937. The van der Waals surface area contributed by atoms with Gasteiger partial charge in [-0.2, -0.15) is 0 Å². The average molecular weight is 330 g/mol. The van der Waals surface area contributed by atoms with Crippen LogP contribution in [0.25, 0.3) is 0 Å². The van der Waals surface area contributed by atoms with Gasteiger partial charge in [-0.15, -0.1) is 23.1 Å². The molecule has 2 aliphatic rings. The van der Waals surface area contributed by atoms with E-state index in [0.29, 0.717) is 17.4 Å². The van der Waals surface area contributed by atoms with Crippen LogP contribution in [-0.2, 0) is 4.79 Å². The number of fused-ring (bicyclic) bond motifs is 1. The van der Waals surface area contributed by atoms with Gasteiger partial charge in [0.25, 0.3) is 5.91 Å². The molecule has 0 atom stereocenters. The first-order valence-electron chi connectivity index (χ1n) is 7.16. The molecule has 0 radical (unpaired) electrons. The van der Waals surface area contributed by atoms with Crippen molar-refractivity contribution in [3.63, 3.8) is 0 Å². The summed E-state index contributed by atoms with van der Waals surface area (Å²) in [6, 6.07) is 7.69. The van der Waals surface area contributed by atoms with Crippen LogP contribution in [0.5, 0.6) is 0 Å². The Morgan fingerprint density at radius 1 is 1.27 bits per heavy atom. The number of rotatable bonds is 3. The Morgan fingerprint density at radius 2 is 2.14 bits per heavy atom. The van der Waals surface area contributed by atoms with Gasteiger partial charge in [-0.05, 0) is 54.0 Å². The second-order valence-corrected chi connectivity index (χ2v) is 7.41. The average Bonchev–Trinajstić information content (AvgIpc) is 3.23. The summed E-state index contributed by atoms with van der Waals surface area (Å²) in [6.45, 7) is 0. The molecular formula is C16H14N2O2S2. The van der Waals surface area contributed by atoms with Crippen LogP contribution >= 0.6 is 23.1 Å². The minimum Gasteiger partial charge on any atom is -0.324 e. The molecule has 0 unspecified atom stereocenters. The molecule has 4 nitrogen and oxygen atoms in total. The van der Waals surface area contributed by atoms with Gasteiger partial charge in [0.05, 0.1) is 16.3 Å². The van der Waals surface area contributed by atoms with Crippen LogP contribution < -0.4 is 10.6 Å². The number of carbonyl (C=O) groups is 2. The van der Waals surface area contributed by atoms with Crippen molar-refractivity contribution in [3.05, 3.63) is 40.1 Å². The number of carbonyl (C=O) groups excluding carboxylic acids is 2. The fraction of sp³-hybridized carbons (Fsp3) is 0.250. The summed E-state index contributed by atoms with van der Waals surface area (Å²) in [6.07, 6.45) is 2.36. The zero-order chi connectivity index (χ0) is 15.1.